The van der Waals surface area contributed by atoms with E-state index < -0.39 is 0 Å². The van der Waals surface area contributed by atoms with Crippen molar-refractivity contribution < 1.29 is 19.1 Å². The van der Waals surface area contributed by atoms with Gasteiger partial charge in [-0.25, -0.2) is 4.99 Å². The molecule has 8 heteroatoms. The first kappa shape index (κ1) is 23.5. The van der Waals surface area contributed by atoms with Gasteiger partial charge in [0, 0.05) is 13.1 Å². The summed E-state index contributed by atoms with van der Waals surface area (Å²) in [4.78, 5) is 34.7. The number of carbonyl (C=O) groups is 2. The molecule has 3 aliphatic rings. The smallest absolute Gasteiger partial charge is 0.283 e. The van der Waals surface area contributed by atoms with Crippen molar-refractivity contribution >= 4 is 40.5 Å². The van der Waals surface area contributed by atoms with Crippen molar-refractivity contribution in [2.45, 2.75) is 33.1 Å². The molecule has 2 aliphatic heterocycles. The highest BCUT2D eigenvalue weighted by molar-refractivity contribution is 8.14. The maximum absolute atomic E-state index is 13.5. The van der Waals surface area contributed by atoms with Gasteiger partial charge in [-0.15, -0.1) is 0 Å². The van der Waals surface area contributed by atoms with Gasteiger partial charge >= 0.3 is 0 Å². The van der Waals surface area contributed by atoms with E-state index in [1.807, 2.05) is 54.3 Å². The van der Waals surface area contributed by atoms with E-state index in [-0.39, 0.29) is 24.4 Å². The molecule has 7 nitrogen and oxygen atoms in total. The first-order valence-electron chi connectivity index (χ1n) is 12.0. The number of aliphatic imine (C=N–C) groups is 1. The molecule has 1 saturated carbocycles. The van der Waals surface area contributed by atoms with Crippen LogP contribution in [0, 0.1) is 12.8 Å². The summed E-state index contributed by atoms with van der Waals surface area (Å²) in [5.74, 6) is 2.10. The van der Waals surface area contributed by atoms with E-state index in [2.05, 4.69) is 11.9 Å². The number of hydrogen-bond acceptors (Lipinski definition) is 6. The summed E-state index contributed by atoms with van der Waals surface area (Å²) in [5, 5.41) is 0.516. The minimum absolute atomic E-state index is 0.0935. The number of ether oxygens (including phenoxy) is 2. The molecule has 0 atom stereocenters. The topological polar surface area (TPSA) is 71.4 Å². The molecule has 2 heterocycles. The summed E-state index contributed by atoms with van der Waals surface area (Å²) >= 11 is 1.32. The highest BCUT2D eigenvalue weighted by Crippen LogP contribution is 2.35. The predicted molar refractivity (Wildman–Crippen MR) is 139 cm³/mol. The Morgan fingerprint density at radius 2 is 1.94 bits per heavy atom. The molecule has 1 fully saturated rings. The second kappa shape index (κ2) is 10.2. The van der Waals surface area contributed by atoms with Gasteiger partial charge in [-0.05, 0) is 68.0 Å². The van der Waals surface area contributed by atoms with Crippen molar-refractivity contribution in [3.8, 4) is 11.5 Å². The first-order chi connectivity index (χ1) is 17.0. The maximum atomic E-state index is 13.5. The number of carbonyl (C=O) groups excluding carboxylic acids is 2. The van der Waals surface area contributed by atoms with E-state index in [0.29, 0.717) is 28.3 Å². The number of amides is 2. The highest BCUT2D eigenvalue weighted by Gasteiger charge is 2.33. The number of anilines is 1. The van der Waals surface area contributed by atoms with Gasteiger partial charge in [0.25, 0.3) is 5.91 Å². The number of rotatable bonds is 8. The molecule has 2 aromatic carbocycles. The van der Waals surface area contributed by atoms with E-state index in [1.165, 1.54) is 24.6 Å². The molecule has 5 rings (SSSR count). The van der Waals surface area contributed by atoms with Crippen LogP contribution in [0.2, 0.25) is 0 Å². The second-order valence-electron chi connectivity index (χ2n) is 9.08. The van der Waals surface area contributed by atoms with Crippen LogP contribution in [0.4, 0.5) is 5.69 Å². The van der Waals surface area contributed by atoms with Gasteiger partial charge in [-0.3, -0.25) is 14.5 Å². The number of nitrogens with zero attached hydrogens (tertiary/aromatic N) is 3. The zero-order valence-electron chi connectivity index (χ0n) is 20.0. The monoisotopic (exact) mass is 491 g/mol. The molecule has 2 amide bonds. The number of aryl methyl sites for hydroxylation is 1. The van der Waals surface area contributed by atoms with Crippen LogP contribution in [0.5, 0.6) is 11.5 Å². The molecule has 182 valence electrons. The van der Waals surface area contributed by atoms with Gasteiger partial charge in [-0.1, -0.05) is 42.4 Å². The summed E-state index contributed by atoms with van der Waals surface area (Å²) < 4.78 is 10.8. The Labute approximate surface area is 209 Å². The van der Waals surface area contributed by atoms with Crippen LogP contribution in [-0.4, -0.2) is 47.5 Å². The SMILES string of the molecule is CCCN(CC1CC1)C(=O)CSC1=N/C(=C\c2ccc3c(c2)OCO3)C(=O)N1c1ccc(C)cc1. The molecule has 0 unspecified atom stereocenters. The van der Waals surface area contributed by atoms with Crippen LogP contribution in [0.3, 0.4) is 0 Å². The van der Waals surface area contributed by atoms with Gasteiger partial charge in [0.15, 0.2) is 16.7 Å². The van der Waals surface area contributed by atoms with Crippen LogP contribution >= 0.6 is 11.8 Å². The van der Waals surface area contributed by atoms with Crippen LogP contribution in [-0.2, 0) is 9.59 Å². The Bertz CT molecular complexity index is 1190. The van der Waals surface area contributed by atoms with E-state index in [9.17, 15) is 9.59 Å². The summed E-state index contributed by atoms with van der Waals surface area (Å²) in [5.41, 5.74) is 2.96. The fourth-order valence-corrected chi connectivity index (χ4v) is 5.01. The Balaban J connectivity index is 1.39. The Hall–Kier alpha value is -3.26. The van der Waals surface area contributed by atoms with Crippen molar-refractivity contribution in [1.29, 1.82) is 0 Å². The molecule has 0 radical (unpaired) electrons. The highest BCUT2D eigenvalue weighted by atomic mass is 32.2. The molecule has 35 heavy (non-hydrogen) atoms. The predicted octanol–water partition coefficient (Wildman–Crippen LogP) is 4.85. The molecule has 1 aliphatic carbocycles. The van der Waals surface area contributed by atoms with E-state index in [4.69, 9.17) is 9.47 Å². The quantitative estimate of drug-likeness (QED) is 0.494. The van der Waals surface area contributed by atoms with Gasteiger partial charge < -0.3 is 14.4 Å². The lowest BCUT2D eigenvalue weighted by Crippen LogP contribution is -2.36. The Morgan fingerprint density at radius 1 is 1.17 bits per heavy atom. The number of benzene rings is 2. The van der Waals surface area contributed by atoms with Gasteiger partial charge in [0.2, 0.25) is 12.7 Å². The van der Waals surface area contributed by atoms with Crippen molar-refractivity contribution in [1.82, 2.24) is 4.90 Å². The standard InChI is InChI=1S/C27H29N3O4S/c1-3-12-29(15-19-6-7-19)25(31)16-35-27-28-22(13-20-8-11-23-24(14-20)34-17-33-23)26(32)30(27)21-9-4-18(2)5-10-21/h4-5,8-11,13-14,19H,3,6-7,12,15-17H2,1-2H3/b22-13-. The van der Waals surface area contributed by atoms with Crippen LogP contribution < -0.4 is 14.4 Å². The molecular weight excluding hydrogens is 462 g/mol. The zero-order chi connectivity index (χ0) is 24.4. The van der Waals surface area contributed by atoms with E-state index in [0.717, 1.165) is 36.3 Å². The van der Waals surface area contributed by atoms with E-state index >= 15 is 0 Å². The maximum Gasteiger partial charge on any atom is 0.283 e. The molecule has 0 bridgehead atoms. The molecular formula is C27H29N3O4S. The van der Waals surface area contributed by atoms with Gasteiger partial charge in [0.05, 0.1) is 11.4 Å². The lowest BCUT2D eigenvalue weighted by atomic mass is 10.1. The lowest BCUT2D eigenvalue weighted by Gasteiger charge is -2.23. The minimum Gasteiger partial charge on any atom is -0.454 e. The summed E-state index contributed by atoms with van der Waals surface area (Å²) in [7, 11) is 0. The van der Waals surface area contributed by atoms with Crippen molar-refractivity contribution in [3.05, 3.63) is 59.3 Å². The van der Waals surface area contributed by atoms with Crippen LogP contribution in [0.25, 0.3) is 6.08 Å². The van der Waals surface area contributed by atoms with E-state index in [1.54, 1.807) is 11.0 Å². The first-order valence-corrected chi connectivity index (χ1v) is 13.0. The Morgan fingerprint density at radius 3 is 2.69 bits per heavy atom. The van der Waals surface area contributed by atoms with Crippen LogP contribution in [0.1, 0.15) is 37.3 Å². The lowest BCUT2D eigenvalue weighted by molar-refractivity contribution is -0.128. The van der Waals surface area contributed by atoms with Crippen LogP contribution in [0.15, 0.2) is 53.2 Å². The Kier molecular flexibility index (Phi) is 6.81. The molecule has 0 saturated heterocycles. The van der Waals surface area contributed by atoms with Gasteiger partial charge in [-0.2, -0.15) is 0 Å². The number of hydrogen-bond donors (Lipinski definition) is 0. The average Bonchev–Trinajstić information content (AvgIpc) is 3.46. The van der Waals surface area contributed by atoms with Crippen molar-refractivity contribution in [3.63, 3.8) is 0 Å². The number of amidine groups is 1. The second-order valence-corrected chi connectivity index (χ2v) is 10.0. The third-order valence-electron chi connectivity index (χ3n) is 6.17. The third-order valence-corrected chi connectivity index (χ3v) is 7.09. The average molecular weight is 492 g/mol. The van der Waals surface area contributed by atoms with Gasteiger partial charge in [0.1, 0.15) is 5.70 Å². The fourth-order valence-electron chi connectivity index (χ4n) is 4.09. The summed E-state index contributed by atoms with van der Waals surface area (Å²) in [6.45, 7) is 5.88. The summed E-state index contributed by atoms with van der Waals surface area (Å²) in [6.07, 6.45) is 5.09. The number of fused-ring (bicyclic) bond motifs is 1. The zero-order valence-corrected chi connectivity index (χ0v) is 20.8. The summed E-state index contributed by atoms with van der Waals surface area (Å²) in [6, 6.07) is 13.3. The minimum atomic E-state index is -0.218. The number of thioether (sulfide) groups is 1. The van der Waals surface area contributed by atoms with Crippen molar-refractivity contribution in [2.75, 3.05) is 30.5 Å². The third kappa shape index (κ3) is 5.37. The molecule has 0 spiro atoms. The fraction of sp³-hybridized carbons (Fsp3) is 0.370. The largest absolute Gasteiger partial charge is 0.454 e. The molecule has 0 aromatic heterocycles. The molecule has 0 N–H and O–H groups in total. The van der Waals surface area contributed by atoms with Crippen molar-refractivity contribution in [2.24, 2.45) is 10.9 Å². The normalized spacial score (nSPS) is 17.8. The molecule has 2 aromatic rings.